The van der Waals surface area contributed by atoms with Gasteiger partial charge in [0.25, 0.3) is 0 Å². The first-order chi connectivity index (χ1) is 18.0. The molecule has 1 fully saturated rings. The van der Waals surface area contributed by atoms with Gasteiger partial charge in [-0.05, 0) is 88.3 Å². The smallest absolute Gasteiger partial charge is 0.339 e. The van der Waals surface area contributed by atoms with Gasteiger partial charge in [0, 0.05) is 6.54 Å². The number of hydrogen-bond acceptors (Lipinski definition) is 9. The molecule has 1 spiro atoms. The summed E-state index contributed by atoms with van der Waals surface area (Å²) in [6.07, 6.45) is 3.38. The molecule has 1 aliphatic carbocycles. The van der Waals surface area contributed by atoms with Crippen molar-refractivity contribution in [2.24, 2.45) is 0 Å². The Morgan fingerprint density at radius 2 is 1.89 bits per heavy atom. The molecule has 10 heteroatoms. The molecule has 38 heavy (non-hydrogen) atoms. The molecule has 3 heterocycles. The number of carboxylic acid groups (broad SMARTS) is 1. The van der Waals surface area contributed by atoms with E-state index in [0.717, 1.165) is 43.5 Å². The summed E-state index contributed by atoms with van der Waals surface area (Å²) in [5.74, 6) is -0.843. The zero-order valence-corrected chi connectivity index (χ0v) is 22.2. The Hall–Kier alpha value is -2.82. The third-order valence-corrected chi connectivity index (χ3v) is 8.40. The number of fused-ring (bicyclic) bond motifs is 3. The third-order valence-electron chi connectivity index (χ3n) is 8.40. The van der Waals surface area contributed by atoms with Crippen molar-refractivity contribution in [1.29, 1.82) is 0 Å². The van der Waals surface area contributed by atoms with Gasteiger partial charge in [-0.3, -0.25) is 9.69 Å². The van der Waals surface area contributed by atoms with Crippen molar-refractivity contribution in [3.05, 3.63) is 35.1 Å². The molecular weight excluding hydrogens is 494 g/mol. The Labute approximate surface area is 222 Å². The average molecular weight is 532 g/mol. The van der Waals surface area contributed by atoms with Crippen LogP contribution < -0.4 is 9.47 Å². The van der Waals surface area contributed by atoms with E-state index in [1.807, 2.05) is 18.2 Å². The first kappa shape index (κ1) is 26.8. The van der Waals surface area contributed by atoms with Crippen molar-refractivity contribution in [3.63, 3.8) is 0 Å². The third kappa shape index (κ3) is 4.74. The van der Waals surface area contributed by atoms with Crippen LogP contribution in [0.5, 0.6) is 11.5 Å². The molecular formula is C28H37NO9. The molecule has 5 rings (SSSR count). The summed E-state index contributed by atoms with van der Waals surface area (Å²) in [6, 6.07) is 3.96. The molecule has 1 unspecified atom stereocenters. The molecule has 3 N–H and O–H groups in total. The van der Waals surface area contributed by atoms with Gasteiger partial charge in [-0.1, -0.05) is 0 Å². The van der Waals surface area contributed by atoms with Gasteiger partial charge in [-0.2, -0.15) is 0 Å². The molecule has 0 bridgehead atoms. The van der Waals surface area contributed by atoms with Crippen LogP contribution in [0.15, 0.2) is 24.0 Å². The van der Waals surface area contributed by atoms with E-state index >= 15 is 0 Å². The zero-order chi connectivity index (χ0) is 27.3. The summed E-state index contributed by atoms with van der Waals surface area (Å²) in [5.41, 5.74) is -1.65. The molecule has 0 aromatic heterocycles. The first-order valence-corrected chi connectivity index (χ1v) is 13.3. The quantitative estimate of drug-likeness (QED) is 0.408. The summed E-state index contributed by atoms with van der Waals surface area (Å²) in [4.78, 5) is 27.6. The highest BCUT2D eigenvalue weighted by Gasteiger charge is 2.59. The highest BCUT2D eigenvalue weighted by molar-refractivity contribution is 5.85. The van der Waals surface area contributed by atoms with E-state index in [0.29, 0.717) is 17.3 Å². The van der Waals surface area contributed by atoms with E-state index in [1.165, 1.54) is 7.11 Å². The lowest BCUT2D eigenvalue weighted by atomic mass is 9.77. The fraction of sp³-hybridized carbons (Fsp3) is 0.643. The zero-order valence-electron chi connectivity index (χ0n) is 22.2. The van der Waals surface area contributed by atoms with Crippen LogP contribution >= 0.6 is 0 Å². The number of nitrogens with zero attached hydrogens (tertiary/aromatic N) is 1. The van der Waals surface area contributed by atoms with Crippen LogP contribution in [-0.2, 0) is 25.5 Å². The maximum Gasteiger partial charge on any atom is 0.339 e. The minimum Gasteiger partial charge on any atom is -0.497 e. The summed E-state index contributed by atoms with van der Waals surface area (Å²) >= 11 is 0. The largest absolute Gasteiger partial charge is 0.497 e. The maximum absolute atomic E-state index is 13.6. The minimum atomic E-state index is -2.25. The van der Waals surface area contributed by atoms with Gasteiger partial charge in [-0.25, -0.2) is 4.79 Å². The Balaban J connectivity index is 1.50. The lowest BCUT2D eigenvalue weighted by Crippen LogP contribution is -2.49. The molecule has 10 nitrogen and oxygen atoms in total. The Kier molecular flexibility index (Phi) is 6.86. The number of ether oxygens (including phenoxy) is 4. The number of benzene rings is 1. The van der Waals surface area contributed by atoms with Crippen LogP contribution in [-0.4, -0.2) is 82.0 Å². The Morgan fingerprint density at radius 1 is 1.16 bits per heavy atom. The second-order valence-electron chi connectivity index (χ2n) is 11.6. The summed E-state index contributed by atoms with van der Waals surface area (Å²) in [6.45, 7) is 5.10. The monoisotopic (exact) mass is 531 g/mol. The number of hydrogen-bond donors (Lipinski definition) is 3. The van der Waals surface area contributed by atoms with Crippen molar-refractivity contribution in [2.45, 2.75) is 87.6 Å². The number of methoxy groups -OCH3 is 1. The van der Waals surface area contributed by atoms with Crippen molar-refractivity contribution in [3.8, 4) is 11.5 Å². The highest BCUT2D eigenvalue weighted by Crippen LogP contribution is 2.55. The van der Waals surface area contributed by atoms with E-state index < -0.39 is 41.2 Å². The van der Waals surface area contributed by atoms with Gasteiger partial charge in [0.1, 0.15) is 5.76 Å². The fourth-order valence-corrected chi connectivity index (χ4v) is 6.65. The molecule has 4 aliphatic rings. The average Bonchev–Trinajstić information content (AvgIpc) is 3.51. The number of carbonyl (C=O) groups excluding carboxylic acids is 1. The van der Waals surface area contributed by atoms with Gasteiger partial charge in [-0.15, -0.1) is 0 Å². The predicted octanol–water partition coefficient (Wildman–Crippen LogP) is 2.49. The van der Waals surface area contributed by atoms with Gasteiger partial charge in [0.2, 0.25) is 6.79 Å². The Bertz CT molecular complexity index is 1140. The molecule has 0 saturated carbocycles. The summed E-state index contributed by atoms with van der Waals surface area (Å²) < 4.78 is 23.1. The number of esters is 1. The number of aliphatic carboxylic acids is 1. The van der Waals surface area contributed by atoms with Crippen molar-refractivity contribution in [1.82, 2.24) is 4.90 Å². The molecule has 4 atom stereocenters. The van der Waals surface area contributed by atoms with Gasteiger partial charge < -0.3 is 34.3 Å². The number of rotatable bonds is 9. The molecule has 1 aromatic carbocycles. The molecule has 0 radical (unpaired) electrons. The normalized spacial score (nSPS) is 27.4. The van der Waals surface area contributed by atoms with Crippen LogP contribution in [0, 0.1) is 0 Å². The Morgan fingerprint density at radius 3 is 2.58 bits per heavy atom. The van der Waals surface area contributed by atoms with E-state index in [2.05, 4.69) is 4.90 Å². The first-order valence-electron chi connectivity index (χ1n) is 13.3. The fourth-order valence-electron chi connectivity index (χ4n) is 6.65. The topological polar surface area (TPSA) is 135 Å². The van der Waals surface area contributed by atoms with Crippen LogP contribution in [0.4, 0.5) is 0 Å². The second kappa shape index (κ2) is 9.73. The van der Waals surface area contributed by atoms with Crippen molar-refractivity contribution in [2.75, 3.05) is 27.0 Å². The summed E-state index contributed by atoms with van der Waals surface area (Å²) in [7, 11) is 1.53. The molecule has 1 aromatic rings. The number of aliphatic hydroxyl groups is 2. The lowest BCUT2D eigenvalue weighted by Gasteiger charge is -2.39. The van der Waals surface area contributed by atoms with E-state index in [-0.39, 0.29) is 32.0 Å². The van der Waals surface area contributed by atoms with E-state index in [9.17, 15) is 24.9 Å². The predicted molar refractivity (Wildman–Crippen MR) is 135 cm³/mol. The van der Waals surface area contributed by atoms with Crippen LogP contribution in [0.3, 0.4) is 0 Å². The van der Waals surface area contributed by atoms with Gasteiger partial charge in [0.15, 0.2) is 23.2 Å². The van der Waals surface area contributed by atoms with Crippen LogP contribution in [0.1, 0.15) is 69.4 Å². The van der Waals surface area contributed by atoms with Crippen LogP contribution in [0.25, 0.3) is 0 Å². The SMILES string of the molecule is COC1=C[C@]23CCCN2CCc2cc4c(cc2[C@@H]3C1OC(=O)[C@](O)(CCCC(C)(C)O)CC(=O)O)OCO4. The molecule has 3 aliphatic heterocycles. The second-order valence-corrected chi connectivity index (χ2v) is 11.6. The maximum atomic E-state index is 13.6. The minimum absolute atomic E-state index is 0.146. The standard InChI is InChI=1S/C28H37NO9/c1-26(2,33)7-4-9-28(34,15-22(30)31)25(32)38-24-21(35-3)14-27-8-5-10-29(27)11-6-17-12-19-20(37-16-36-19)13-18(17)23(24)27/h12-14,23-24,33-34H,4-11,15-16H2,1-3H3,(H,30,31)/t23-,24?,27+,28+/m1/s1. The van der Waals surface area contributed by atoms with E-state index in [4.69, 9.17) is 18.9 Å². The van der Waals surface area contributed by atoms with Crippen molar-refractivity contribution >= 4 is 11.9 Å². The number of carbonyl (C=O) groups is 2. The number of carboxylic acids is 1. The van der Waals surface area contributed by atoms with Gasteiger partial charge in [0.05, 0.1) is 30.6 Å². The molecule has 208 valence electrons. The molecule has 0 amide bonds. The van der Waals surface area contributed by atoms with Crippen molar-refractivity contribution < 1.29 is 43.9 Å². The highest BCUT2D eigenvalue weighted by atomic mass is 16.7. The lowest BCUT2D eigenvalue weighted by molar-refractivity contribution is -0.178. The molecule has 1 saturated heterocycles. The van der Waals surface area contributed by atoms with Gasteiger partial charge >= 0.3 is 11.9 Å². The van der Waals surface area contributed by atoms with E-state index in [1.54, 1.807) is 13.8 Å². The van der Waals surface area contributed by atoms with Crippen LogP contribution in [0.2, 0.25) is 0 Å². The summed E-state index contributed by atoms with van der Waals surface area (Å²) in [5, 5.41) is 30.9.